The first kappa shape index (κ1) is 22.7. The summed E-state index contributed by atoms with van der Waals surface area (Å²) >= 11 is 0. The van der Waals surface area contributed by atoms with E-state index in [2.05, 4.69) is 10.6 Å². The van der Waals surface area contributed by atoms with Crippen LogP contribution in [0.5, 0.6) is 0 Å². The molecular weight excluding hydrogens is 407 g/mol. The normalized spacial score (nSPS) is 12.8. The molecule has 0 saturated heterocycles. The zero-order valence-electron chi connectivity index (χ0n) is 15.4. The number of anilines is 2. The Morgan fingerprint density at radius 3 is 2.59 bits per heavy atom. The molecule has 9 heteroatoms. The van der Waals surface area contributed by atoms with E-state index in [-0.39, 0.29) is 42.9 Å². The van der Waals surface area contributed by atoms with E-state index in [1.54, 1.807) is 0 Å². The Bertz CT molecular complexity index is 916. The van der Waals surface area contributed by atoms with Gasteiger partial charge in [0.15, 0.2) is 0 Å². The summed E-state index contributed by atoms with van der Waals surface area (Å²) in [5.74, 6) is -0.398. The molecule has 1 aliphatic rings. The van der Waals surface area contributed by atoms with E-state index in [1.807, 2.05) is 18.2 Å². The minimum Gasteiger partial charge on any atom is -0.326 e. The number of benzene rings is 2. The lowest BCUT2D eigenvalue weighted by Crippen LogP contribution is -2.14. The molecule has 0 spiro atoms. The van der Waals surface area contributed by atoms with Gasteiger partial charge in [0, 0.05) is 24.3 Å². The monoisotopic (exact) mass is 427 g/mol. The lowest BCUT2D eigenvalue weighted by molar-refractivity contribution is -0.137. The van der Waals surface area contributed by atoms with Crippen LogP contribution in [-0.2, 0) is 35.2 Å². The minimum absolute atomic E-state index is 0. The van der Waals surface area contributed by atoms with Gasteiger partial charge < -0.3 is 16.4 Å². The average molecular weight is 428 g/mol. The fourth-order valence-corrected chi connectivity index (χ4v) is 3.16. The number of fused-ring (bicyclic) bond motifs is 1. The molecule has 0 saturated carbocycles. The van der Waals surface area contributed by atoms with Crippen LogP contribution in [0.3, 0.4) is 0 Å². The maximum atomic E-state index is 13.0. The third-order valence-electron chi connectivity index (χ3n) is 4.50. The number of nitrogens with one attached hydrogen (secondary N) is 2. The molecule has 1 aliphatic heterocycles. The number of aryl methyl sites for hydroxylation is 1. The molecule has 0 bridgehead atoms. The highest BCUT2D eigenvalue weighted by Gasteiger charge is 2.31. The largest absolute Gasteiger partial charge is 0.416 e. The first-order chi connectivity index (χ1) is 13.2. The van der Waals surface area contributed by atoms with Gasteiger partial charge in [0.25, 0.3) is 0 Å². The molecule has 29 heavy (non-hydrogen) atoms. The van der Waals surface area contributed by atoms with Gasteiger partial charge in [0.1, 0.15) is 0 Å². The van der Waals surface area contributed by atoms with E-state index in [0.717, 1.165) is 28.9 Å². The molecular formula is C20H21ClF3N3O2. The predicted octanol–water partition coefficient (Wildman–Crippen LogP) is 4.04. The van der Waals surface area contributed by atoms with E-state index in [9.17, 15) is 22.8 Å². The first-order valence-electron chi connectivity index (χ1n) is 8.87. The summed E-state index contributed by atoms with van der Waals surface area (Å²) in [4.78, 5) is 23.5. The van der Waals surface area contributed by atoms with Gasteiger partial charge in [-0.3, -0.25) is 9.59 Å². The van der Waals surface area contributed by atoms with E-state index in [0.29, 0.717) is 24.8 Å². The van der Waals surface area contributed by atoms with Crippen LogP contribution in [0.4, 0.5) is 24.5 Å². The highest BCUT2D eigenvalue weighted by molar-refractivity contribution is 5.99. The molecule has 0 radical (unpaired) electrons. The minimum atomic E-state index is -4.51. The molecule has 0 atom stereocenters. The van der Waals surface area contributed by atoms with E-state index >= 15 is 0 Å². The first-order valence-corrected chi connectivity index (χ1v) is 8.87. The van der Waals surface area contributed by atoms with Crippen molar-refractivity contribution < 1.29 is 22.8 Å². The van der Waals surface area contributed by atoms with Gasteiger partial charge in [-0.15, -0.1) is 12.4 Å². The van der Waals surface area contributed by atoms with Crippen molar-refractivity contribution in [3.8, 4) is 0 Å². The number of nitrogens with two attached hydrogens (primary N) is 1. The molecule has 0 aromatic heterocycles. The van der Waals surface area contributed by atoms with Gasteiger partial charge in [-0.2, -0.15) is 13.2 Å². The van der Waals surface area contributed by atoms with Gasteiger partial charge in [0.2, 0.25) is 11.8 Å². The second-order valence-electron chi connectivity index (χ2n) is 6.74. The number of carbonyl (C=O) groups excluding carboxylic acids is 2. The quantitative estimate of drug-likeness (QED) is 0.650. The lowest BCUT2D eigenvalue weighted by Gasteiger charge is -2.12. The fraction of sp³-hybridized carbons (Fsp3) is 0.300. The molecule has 2 amide bonds. The summed E-state index contributed by atoms with van der Waals surface area (Å²) in [7, 11) is 0. The van der Waals surface area contributed by atoms with Crippen LogP contribution in [0.25, 0.3) is 0 Å². The second kappa shape index (κ2) is 9.28. The van der Waals surface area contributed by atoms with Crippen molar-refractivity contribution in [2.45, 2.75) is 38.4 Å². The Morgan fingerprint density at radius 1 is 1.14 bits per heavy atom. The molecule has 5 nitrogen and oxygen atoms in total. The lowest BCUT2D eigenvalue weighted by atomic mass is 10.0. The van der Waals surface area contributed by atoms with Crippen LogP contribution in [0, 0.1) is 0 Å². The van der Waals surface area contributed by atoms with Gasteiger partial charge in [-0.25, -0.2) is 0 Å². The Hall–Kier alpha value is -2.58. The Morgan fingerprint density at radius 2 is 1.90 bits per heavy atom. The molecule has 2 aromatic carbocycles. The Balaban J connectivity index is 0.00000300. The second-order valence-corrected chi connectivity index (χ2v) is 6.74. The topological polar surface area (TPSA) is 84.2 Å². The highest BCUT2D eigenvalue weighted by atomic mass is 35.5. The summed E-state index contributed by atoms with van der Waals surface area (Å²) in [6.45, 7) is -0.0531. The maximum absolute atomic E-state index is 13.0. The number of rotatable bonds is 6. The van der Waals surface area contributed by atoms with Crippen LogP contribution in [-0.4, -0.2) is 11.8 Å². The Kier molecular flexibility index (Phi) is 7.26. The maximum Gasteiger partial charge on any atom is 0.416 e. The molecule has 0 fully saturated rings. The molecule has 3 rings (SSSR count). The SMILES string of the molecule is Cl.NCc1cc(NC(=O)CCCc2ccc3c(c2)CC(=O)N3)cc(C(F)(F)F)c1. The molecule has 4 N–H and O–H groups in total. The standard InChI is InChI=1S/C20H20F3N3O2.ClH/c21-20(22,23)15-7-13(11-24)8-16(10-15)25-18(27)3-1-2-12-4-5-17-14(6-12)9-19(28)26-17;/h4-8,10H,1-3,9,11,24H2,(H,25,27)(H,26,28);1H. The fourth-order valence-electron chi connectivity index (χ4n) is 3.16. The number of carbonyl (C=O) groups is 2. The summed E-state index contributed by atoms with van der Waals surface area (Å²) in [5.41, 5.74) is 7.74. The number of hydrogen-bond acceptors (Lipinski definition) is 3. The van der Waals surface area contributed by atoms with E-state index in [1.165, 1.54) is 6.07 Å². The van der Waals surface area contributed by atoms with Crippen molar-refractivity contribution in [1.82, 2.24) is 0 Å². The van der Waals surface area contributed by atoms with Crippen LogP contribution in [0.15, 0.2) is 36.4 Å². The van der Waals surface area contributed by atoms with Crippen LogP contribution in [0.1, 0.15) is 35.1 Å². The van der Waals surface area contributed by atoms with Gasteiger partial charge in [-0.1, -0.05) is 12.1 Å². The molecule has 0 unspecified atom stereocenters. The summed E-state index contributed by atoms with van der Waals surface area (Å²) in [6, 6.07) is 8.99. The van der Waals surface area contributed by atoms with Crippen LogP contribution >= 0.6 is 12.4 Å². The van der Waals surface area contributed by atoms with E-state index in [4.69, 9.17) is 5.73 Å². The van der Waals surface area contributed by atoms with Crippen molar-refractivity contribution in [1.29, 1.82) is 0 Å². The summed E-state index contributed by atoms with van der Waals surface area (Å²) in [5, 5.41) is 5.27. The summed E-state index contributed by atoms with van der Waals surface area (Å²) in [6.07, 6.45) is -2.82. The van der Waals surface area contributed by atoms with Crippen molar-refractivity contribution >= 4 is 35.6 Å². The van der Waals surface area contributed by atoms with Gasteiger partial charge in [0.05, 0.1) is 12.0 Å². The average Bonchev–Trinajstić information content (AvgIpc) is 3.00. The number of hydrogen-bond donors (Lipinski definition) is 3. The van der Waals surface area contributed by atoms with Gasteiger partial charge >= 0.3 is 6.18 Å². The smallest absolute Gasteiger partial charge is 0.326 e. The molecule has 0 aliphatic carbocycles. The Labute approximate surface area is 172 Å². The van der Waals surface area contributed by atoms with Crippen molar-refractivity contribution in [3.63, 3.8) is 0 Å². The molecule has 1 heterocycles. The molecule has 156 valence electrons. The van der Waals surface area contributed by atoms with Crippen molar-refractivity contribution in [3.05, 3.63) is 58.7 Å². The van der Waals surface area contributed by atoms with Crippen molar-refractivity contribution in [2.75, 3.05) is 10.6 Å². The van der Waals surface area contributed by atoms with Gasteiger partial charge in [-0.05, 0) is 53.8 Å². The third kappa shape index (κ3) is 5.95. The number of halogens is 4. The zero-order chi connectivity index (χ0) is 20.3. The summed E-state index contributed by atoms with van der Waals surface area (Å²) < 4.78 is 38.9. The zero-order valence-corrected chi connectivity index (χ0v) is 16.3. The number of amides is 2. The molecule has 2 aromatic rings. The van der Waals surface area contributed by atoms with E-state index < -0.39 is 11.7 Å². The highest BCUT2D eigenvalue weighted by Crippen LogP contribution is 2.32. The van der Waals surface area contributed by atoms with Crippen molar-refractivity contribution in [2.24, 2.45) is 5.73 Å². The number of alkyl halides is 3. The third-order valence-corrected chi connectivity index (χ3v) is 4.50. The van der Waals surface area contributed by atoms with Crippen LogP contribution < -0.4 is 16.4 Å². The van der Waals surface area contributed by atoms with Crippen LogP contribution in [0.2, 0.25) is 0 Å². The predicted molar refractivity (Wildman–Crippen MR) is 107 cm³/mol.